The molecule has 1 aromatic rings. The van der Waals surface area contributed by atoms with Gasteiger partial charge in [-0.25, -0.2) is 4.79 Å². The Balaban J connectivity index is 2.86. The first-order valence-electron chi connectivity index (χ1n) is 9.70. The van der Waals surface area contributed by atoms with Gasteiger partial charge in [-0.2, -0.15) is 0 Å². The summed E-state index contributed by atoms with van der Waals surface area (Å²) in [5.74, 6) is -3.34. The molecule has 10 nitrogen and oxygen atoms in total. The summed E-state index contributed by atoms with van der Waals surface area (Å²) in [6, 6.07) is 2.71. The second-order valence-corrected chi connectivity index (χ2v) is 7.25. The van der Waals surface area contributed by atoms with E-state index in [0.717, 1.165) is 0 Å². The number of phenolic OH excluding ortho intramolecular Hbond substituents is 1. The van der Waals surface area contributed by atoms with Crippen LogP contribution in [0.3, 0.4) is 0 Å². The van der Waals surface area contributed by atoms with Crippen LogP contribution < -0.4 is 22.1 Å². The van der Waals surface area contributed by atoms with E-state index in [1.807, 2.05) is 6.92 Å². The third-order valence-electron chi connectivity index (χ3n) is 4.82. The molecule has 166 valence electrons. The molecule has 8 N–H and O–H groups in total. The van der Waals surface area contributed by atoms with E-state index in [1.54, 1.807) is 19.1 Å². The van der Waals surface area contributed by atoms with Gasteiger partial charge in [0, 0.05) is 12.8 Å². The molecule has 1 rings (SSSR count). The largest absolute Gasteiger partial charge is 0.508 e. The summed E-state index contributed by atoms with van der Waals surface area (Å²) in [4.78, 5) is 47.6. The van der Waals surface area contributed by atoms with Crippen LogP contribution >= 0.6 is 0 Å². The fourth-order valence-corrected chi connectivity index (χ4v) is 2.72. The highest BCUT2D eigenvalue weighted by Crippen LogP contribution is 2.13. The normalized spacial score (nSPS) is 14.8. The highest BCUT2D eigenvalue weighted by molar-refractivity contribution is 5.92. The lowest BCUT2D eigenvalue weighted by molar-refractivity contribution is -0.142. The summed E-state index contributed by atoms with van der Waals surface area (Å²) < 4.78 is 0. The zero-order chi connectivity index (χ0) is 22.8. The average molecular weight is 422 g/mol. The van der Waals surface area contributed by atoms with Crippen LogP contribution in [0.1, 0.15) is 38.7 Å². The van der Waals surface area contributed by atoms with Crippen molar-refractivity contribution in [3.8, 4) is 5.75 Å². The second kappa shape index (κ2) is 11.8. The standard InChI is InChI=1S/C20H30N4O6/c1-3-11(2)17(24-18(27)14(21)8-9-16(22)26)19(28)23-15(20(29)30)10-12-4-6-13(25)7-5-12/h4-7,11,14-15,17,25H,3,8-10,21H2,1-2H3,(H2,22,26)(H,23,28)(H,24,27)(H,29,30). The molecule has 0 fully saturated rings. The van der Waals surface area contributed by atoms with Crippen LogP contribution in [0.2, 0.25) is 0 Å². The topological polar surface area (TPSA) is 185 Å². The first kappa shape index (κ1) is 24.9. The van der Waals surface area contributed by atoms with Crippen LogP contribution in [0.25, 0.3) is 0 Å². The molecule has 0 saturated heterocycles. The van der Waals surface area contributed by atoms with E-state index >= 15 is 0 Å². The van der Waals surface area contributed by atoms with Crippen molar-refractivity contribution in [2.75, 3.05) is 0 Å². The SMILES string of the molecule is CCC(C)C(NC(=O)C(N)CCC(N)=O)C(=O)NC(Cc1ccc(O)cc1)C(=O)O. The molecule has 0 aliphatic heterocycles. The van der Waals surface area contributed by atoms with E-state index in [4.69, 9.17) is 11.5 Å². The van der Waals surface area contributed by atoms with Crippen molar-refractivity contribution in [2.45, 2.75) is 57.7 Å². The van der Waals surface area contributed by atoms with Crippen LogP contribution in [0.15, 0.2) is 24.3 Å². The lowest BCUT2D eigenvalue weighted by Gasteiger charge is -2.26. The molecule has 4 atom stereocenters. The van der Waals surface area contributed by atoms with Crippen molar-refractivity contribution < 1.29 is 29.4 Å². The van der Waals surface area contributed by atoms with Gasteiger partial charge in [0.2, 0.25) is 17.7 Å². The molecule has 0 spiro atoms. The fraction of sp³-hybridized carbons (Fsp3) is 0.500. The molecule has 1 aromatic carbocycles. The summed E-state index contributed by atoms with van der Waals surface area (Å²) in [5, 5.41) is 23.8. The zero-order valence-electron chi connectivity index (χ0n) is 17.1. The number of carboxylic acid groups (broad SMARTS) is 1. The van der Waals surface area contributed by atoms with Crippen molar-refractivity contribution in [2.24, 2.45) is 17.4 Å². The zero-order valence-corrected chi connectivity index (χ0v) is 17.1. The number of primary amides is 1. The molecular weight excluding hydrogens is 392 g/mol. The van der Waals surface area contributed by atoms with Gasteiger partial charge in [-0.3, -0.25) is 14.4 Å². The van der Waals surface area contributed by atoms with Crippen molar-refractivity contribution >= 4 is 23.7 Å². The van der Waals surface area contributed by atoms with Crippen LogP contribution in [0.5, 0.6) is 5.75 Å². The number of aromatic hydroxyl groups is 1. The Bertz CT molecular complexity index is 752. The molecule has 0 radical (unpaired) electrons. The van der Waals surface area contributed by atoms with E-state index in [-0.39, 0.29) is 30.9 Å². The number of carboxylic acids is 1. The number of hydrogen-bond acceptors (Lipinski definition) is 6. The van der Waals surface area contributed by atoms with E-state index in [1.165, 1.54) is 12.1 Å². The van der Waals surface area contributed by atoms with E-state index in [0.29, 0.717) is 12.0 Å². The van der Waals surface area contributed by atoms with Crippen molar-refractivity contribution in [3.63, 3.8) is 0 Å². The fourth-order valence-electron chi connectivity index (χ4n) is 2.72. The molecule has 0 bridgehead atoms. The van der Waals surface area contributed by atoms with E-state index in [9.17, 15) is 29.4 Å². The summed E-state index contributed by atoms with van der Waals surface area (Å²) in [6.07, 6.45) is 0.516. The molecule has 0 aliphatic rings. The first-order valence-corrected chi connectivity index (χ1v) is 9.70. The highest BCUT2D eigenvalue weighted by Gasteiger charge is 2.31. The smallest absolute Gasteiger partial charge is 0.326 e. The quantitative estimate of drug-likeness (QED) is 0.265. The Kier molecular flexibility index (Phi) is 9.76. The van der Waals surface area contributed by atoms with Crippen LogP contribution in [-0.4, -0.2) is 52.0 Å². The average Bonchev–Trinajstić information content (AvgIpc) is 2.70. The molecule has 3 amide bonds. The lowest BCUT2D eigenvalue weighted by Crippen LogP contribution is -2.57. The van der Waals surface area contributed by atoms with Gasteiger partial charge in [-0.1, -0.05) is 32.4 Å². The Morgan fingerprint density at radius 2 is 1.67 bits per heavy atom. The summed E-state index contributed by atoms with van der Waals surface area (Å²) in [5.41, 5.74) is 11.4. The van der Waals surface area contributed by atoms with Gasteiger partial charge in [0.05, 0.1) is 6.04 Å². The maximum Gasteiger partial charge on any atom is 0.326 e. The summed E-state index contributed by atoms with van der Waals surface area (Å²) in [7, 11) is 0. The predicted octanol–water partition coefficient (Wildman–Crippen LogP) is -0.372. The van der Waals surface area contributed by atoms with Gasteiger partial charge in [0.25, 0.3) is 0 Å². The number of carbonyl (C=O) groups is 4. The number of amides is 3. The van der Waals surface area contributed by atoms with Gasteiger partial charge in [0.1, 0.15) is 17.8 Å². The van der Waals surface area contributed by atoms with Gasteiger partial charge in [-0.15, -0.1) is 0 Å². The third kappa shape index (κ3) is 8.08. The Morgan fingerprint density at radius 3 is 2.17 bits per heavy atom. The number of rotatable bonds is 12. The molecule has 10 heteroatoms. The number of nitrogens with one attached hydrogen (secondary N) is 2. The number of carbonyl (C=O) groups excluding carboxylic acids is 3. The molecule has 0 saturated carbocycles. The van der Waals surface area contributed by atoms with Gasteiger partial charge < -0.3 is 32.3 Å². The maximum atomic E-state index is 12.8. The van der Waals surface area contributed by atoms with E-state index in [2.05, 4.69) is 10.6 Å². The summed E-state index contributed by atoms with van der Waals surface area (Å²) >= 11 is 0. The first-order chi connectivity index (χ1) is 14.0. The number of hydrogen-bond donors (Lipinski definition) is 6. The molecule has 0 heterocycles. The van der Waals surface area contributed by atoms with Crippen molar-refractivity contribution in [1.29, 1.82) is 0 Å². The van der Waals surface area contributed by atoms with Gasteiger partial charge in [0.15, 0.2) is 0 Å². The van der Waals surface area contributed by atoms with Gasteiger partial charge >= 0.3 is 5.97 Å². The van der Waals surface area contributed by atoms with E-state index < -0.39 is 41.8 Å². The number of phenols is 1. The molecule has 0 aromatic heterocycles. The maximum absolute atomic E-state index is 12.8. The van der Waals surface area contributed by atoms with Crippen LogP contribution in [0.4, 0.5) is 0 Å². The number of benzene rings is 1. The highest BCUT2D eigenvalue weighted by atomic mass is 16.4. The Labute approximate surface area is 175 Å². The molecule has 0 aliphatic carbocycles. The van der Waals surface area contributed by atoms with Crippen molar-refractivity contribution in [1.82, 2.24) is 10.6 Å². The predicted molar refractivity (Wildman–Crippen MR) is 109 cm³/mol. The van der Waals surface area contributed by atoms with Crippen molar-refractivity contribution in [3.05, 3.63) is 29.8 Å². The van der Waals surface area contributed by atoms with Crippen LogP contribution in [0, 0.1) is 5.92 Å². The minimum atomic E-state index is -1.23. The molecule has 30 heavy (non-hydrogen) atoms. The second-order valence-electron chi connectivity index (χ2n) is 7.25. The lowest BCUT2D eigenvalue weighted by atomic mass is 9.96. The third-order valence-corrected chi connectivity index (χ3v) is 4.82. The minimum Gasteiger partial charge on any atom is -0.508 e. The Hall–Kier alpha value is -3.14. The monoisotopic (exact) mass is 422 g/mol. The number of aliphatic carboxylic acids is 1. The number of nitrogens with two attached hydrogens (primary N) is 2. The summed E-state index contributed by atoms with van der Waals surface area (Å²) in [6.45, 7) is 3.57. The minimum absolute atomic E-state index is 0.000646. The molecular formula is C20H30N4O6. The van der Waals surface area contributed by atoms with Gasteiger partial charge in [-0.05, 0) is 30.0 Å². The molecule has 4 unspecified atom stereocenters. The Morgan fingerprint density at radius 1 is 1.07 bits per heavy atom. The van der Waals surface area contributed by atoms with Crippen LogP contribution in [-0.2, 0) is 25.6 Å².